The lowest BCUT2D eigenvalue weighted by Crippen LogP contribution is -2.31. The molecule has 0 heterocycles. The maximum Gasteiger partial charge on any atom is 0.139 e. The Balaban J connectivity index is 2.30. The summed E-state index contributed by atoms with van der Waals surface area (Å²) in [7, 11) is 0. The van der Waals surface area contributed by atoms with Gasteiger partial charge in [-0.25, -0.2) is 0 Å². The summed E-state index contributed by atoms with van der Waals surface area (Å²) in [6, 6.07) is 13.4. The molecule has 0 amide bonds. The van der Waals surface area contributed by atoms with Crippen molar-refractivity contribution in [2.45, 2.75) is 25.5 Å². The fraction of sp³-hybridized carbons (Fsp3) is 0.250. The highest BCUT2D eigenvalue weighted by Crippen LogP contribution is 2.33. The van der Waals surface area contributed by atoms with E-state index in [9.17, 15) is 0 Å². The van der Waals surface area contributed by atoms with Crippen LogP contribution in [0.4, 0.5) is 0 Å². The zero-order chi connectivity index (χ0) is 15.4. The second kappa shape index (κ2) is 7.63. The molecule has 2 nitrogen and oxygen atoms in total. The van der Waals surface area contributed by atoms with Gasteiger partial charge in [0.2, 0.25) is 0 Å². The molecule has 2 unspecified atom stereocenters. The number of benzene rings is 2. The molecule has 2 N–H and O–H groups in total. The zero-order valence-corrected chi connectivity index (χ0v) is 15.5. The summed E-state index contributed by atoms with van der Waals surface area (Å²) in [5, 5.41) is 0.565. The summed E-state index contributed by atoms with van der Waals surface area (Å²) >= 11 is 13.1. The number of rotatable bonds is 5. The summed E-state index contributed by atoms with van der Waals surface area (Å²) in [6.07, 6.45) is 0.580. The standard InChI is InChI=1S/C16H16Br2ClNO/c1-2-14(20)16(10-3-5-11(17)6-4-10)21-15-8-7-12(18)9-13(15)19/h3-9,14,16H,2,20H2,1H3. The van der Waals surface area contributed by atoms with Gasteiger partial charge in [0.15, 0.2) is 0 Å². The highest BCUT2D eigenvalue weighted by molar-refractivity contribution is 9.10. The van der Waals surface area contributed by atoms with E-state index < -0.39 is 0 Å². The van der Waals surface area contributed by atoms with Crippen LogP contribution >= 0.6 is 43.5 Å². The fourth-order valence-electron chi connectivity index (χ4n) is 1.98. The third-order valence-corrected chi connectivity index (χ3v) is 4.52. The van der Waals surface area contributed by atoms with Gasteiger partial charge in [-0.15, -0.1) is 0 Å². The van der Waals surface area contributed by atoms with Crippen molar-refractivity contribution in [1.29, 1.82) is 0 Å². The van der Waals surface area contributed by atoms with Crippen molar-refractivity contribution in [1.82, 2.24) is 0 Å². The second-order valence-corrected chi connectivity index (χ2v) is 6.98. The van der Waals surface area contributed by atoms with Gasteiger partial charge >= 0.3 is 0 Å². The first-order valence-corrected chi connectivity index (χ1v) is 8.60. The Morgan fingerprint density at radius 1 is 1.10 bits per heavy atom. The molecule has 0 fully saturated rings. The predicted molar refractivity (Wildman–Crippen MR) is 94.9 cm³/mol. The van der Waals surface area contributed by atoms with Crippen LogP contribution in [-0.2, 0) is 0 Å². The van der Waals surface area contributed by atoms with Crippen LogP contribution in [0, 0.1) is 0 Å². The predicted octanol–water partition coefficient (Wildman–Crippen LogP) is 5.72. The molecule has 2 rings (SSSR count). The van der Waals surface area contributed by atoms with E-state index in [1.54, 1.807) is 0 Å². The van der Waals surface area contributed by atoms with Gasteiger partial charge in [-0.1, -0.05) is 62.5 Å². The van der Waals surface area contributed by atoms with Gasteiger partial charge in [0.05, 0.1) is 5.02 Å². The molecule has 0 saturated heterocycles. The first kappa shape index (κ1) is 16.8. The Morgan fingerprint density at radius 3 is 2.29 bits per heavy atom. The molecular weight excluding hydrogens is 417 g/mol. The van der Waals surface area contributed by atoms with Crippen LogP contribution in [-0.4, -0.2) is 6.04 Å². The Kier molecular flexibility index (Phi) is 6.11. The minimum atomic E-state index is -0.234. The minimum absolute atomic E-state index is 0.106. The SMILES string of the molecule is CCC(N)C(Oc1ccc(Br)cc1Cl)c1ccc(Br)cc1. The van der Waals surface area contributed by atoms with Crippen LogP contribution in [0.5, 0.6) is 5.75 Å². The second-order valence-electron chi connectivity index (χ2n) is 4.74. The first-order chi connectivity index (χ1) is 10.0. The molecule has 0 aromatic heterocycles. The fourth-order valence-corrected chi connectivity index (χ4v) is 2.96. The number of ether oxygens (including phenoxy) is 1. The lowest BCUT2D eigenvalue weighted by Gasteiger charge is -2.25. The van der Waals surface area contributed by atoms with Crippen LogP contribution in [0.25, 0.3) is 0 Å². The molecule has 2 aromatic carbocycles. The van der Waals surface area contributed by atoms with E-state index in [-0.39, 0.29) is 12.1 Å². The average molecular weight is 434 g/mol. The monoisotopic (exact) mass is 431 g/mol. The van der Waals surface area contributed by atoms with Crippen molar-refractivity contribution < 1.29 is 4.74 Å². The van der Waals surface area contributed by atoms with E-state index in [4.69, 9.17) is 22.1 Å². The molecular formula is C16H16Br2ClNO. The smallest absolute Gasteiger partial charge is 0.139 e. The van der Waals surface area contributed by atoms with E-state index in [1.807, 2.05) is 49.4 Å². The molecule has 0 spiro atoms. The van der Waals surface area contributed by atoms with Gasteiger partial charge in [0.25, 0.3) is 0 Å². The van der Waals surface area contributed by atoms with Crippen molar-refractivity contribution in [2.75, 3.05) is 0 Å². The Labute approximate surface area is 146 Å². The van der Waals surface area contributed by atoms with Gasteiger partial charge in [-0.2, -0.15) is 0 Å². The molecule has 0 saturated carbocycles. The Hall–Kier alpha value is -0.550. The summed E-state index contributed by atoms with van der Waals surface area (Å²) in [6.45, 7) is 2.04. The molecule has 2 atom stereocenters. The molecule has 0 aliphatic carbocycles. The number of hydrogen-bond acceptors (Lipinski definition) is 2. The van der Waals surface area contributed by atoms with E-state index in [2.05, 4.69) is 31.9 Å². The van der Waals surface area contributed by atoms with Gasteiger partial charge < -0.3 is 10.5 Å². The Morgan fingerprint density at radius 2 is 1.71 bits per heavy atom. The molecule has 0 aliphatic heterocycles. The average Bonchev–Trinajstić information content (AvgIpc) is 2.47. The highest BCUT2D eigenvalue weighted by Gasteiger charge is 2.21. The molecule has 112 valence electrons. The number of halogens is 3. The quantitative estimate of drug-likeness (QED) is 0.654. The zero-order valence-electron chi connectivity index (χ0n) is 11.5. The third kappa shape index (κ3) is 4.46. The van der Waals surface area contributed by atoms with Crippen LogP contribution in [0.2, 0.25) is 5.02 Å². The number of hydrogen-bond donors (Lipinski definition) is 1. The van der Waals surface area contributed by atoms with Gasteiger partial charge in [-0.05, 0) is 42.3 Å². The van der Waals surface area contributed by atoms with Crippen LogP contribution in [0.3, 0.4) is 0 Å². The van der Waals surface area contributed by atoms with E-state index in [0.717, 1.165) is 20.9 Å². The molecule has 5 heteroatoms. The Bertz CT molecular complexity index is 604. The molecule has 0 bridgehead atoms. The van der Waals surface area contributed by atoms with E-state index in [0.29, 0.717) is 10.8 Å². The largest absolute Gasteiger partial charge is 0.483 e. The molecule has 0 radical (unpaired) electrons. The summed E-state index contributed by atoms with van der Waals surface area (Å²) in [5.74, 6) is 0.636. The highest BCUT2D eigenvalue weighted by atomic mass is 79.9. The maximum atomic E-state index is 6.23. The lowest BCUT2D eigenvalue weighted by molar-refractivity contribution is 0.171. The van der Waals surface area contributed by atoms with Gasteiger partial charge in [0, 0.05) is 15.0 Å². The van der Waals surface area contributed by atoms with Crippen molar-refractivity contribution in [3.8, 4) is 5.75 Å². The van der Waals surface area contributed by atoms with Crippen molar-refractivity contribution in [2.24, 2.45) is 5.73 Å². The minimum Gasteiger partial charge on any atom is -0.483 e. The van der Waals surface area contributed by atoms with Crippen molar-refractivity contribution >= 4 is 43.5 Å². The summed E-state index contributed by atoms with van der Waals surface area (Å²) < 4.78 is 8.03. The van der Waals surface area contributed by atoms with Crippen molar-refractivity contribution in [3.63, 3.8) is 0 Å². The first-order valence-electron chi connectivity index (χ1n) is 6.64. The molecule has 21 heavy (non-hydrogen) atoms. The molecule has 2 aromatic rings. The molecule has 0 aliphatic rings. The summed E-state index contributed by atoms with van der Waals surface area (Å²) in [5.41, 5.74) is 7.26. The van der Waals surface area contributed by atoms with E-state index >= 15 is 0 Å². The summed E-state index contributed by atoms with van der Waals surface area (Å²) in [4.78, 5) is 0. The normalized spacial score (nSPS) is 13.8. The van der Waals surface area contributed by atoms with Gasteiger partial charge in [-0.3, -0.25) is 0 Å². The lowest BCUT2D eigenvalue weighted by atomic mass is 10.0. The van der Waals surface area contributed by atoms with Gasteiger partial charge in [0.1, 0.15) is 11.9 Å². The van der Waals surface area contributed by atoms with Crippen LogP contribution in [0.1, 0.15) is 25.0 Å². The van der Waals surface area contributed by atoms with E-state index in [1.165, 1.54) is 0 Å². The topological polar surface area (TPSA) is 35.2 Å². The maximum absolute atomic E-state index is 6.23. The number of nitrogens with two attached hydrogens (primary N) is 1. The third-order valence-electron chi connectivity index (χ3n) is 3.21. The van der Waals surface area contributed by atoms with Crippen molar-refractivity contribution in [3.05, 3.63) is 62.0 Å². The van der Waals surface area contributed by atoms with Crippen LogP contribution < -0.4 is 10.5 Å². The van der Waals surface area contributed by atoms with Crippen LogP contribution in [0.15, 0.2) is 51.4 Å².